The Kier molecular flexibility index (Phi) is 11.2. The number of rotatable bonds is 13. The van der Waals surface area contributed by atoms with Crippen LogP contribution in [0.15, 0.2) is 60.8 Å². The van der Waals surface area contributed by atoms with Crippen molar-refractivity contribution in [1.29, 1.82) is 0 Å². The molecule has 5 fully saturated rings. The van der Waals surface area contributed by atoms with Gasteiger partial charge >= 0.3 is 0 Å². The summed E-state index contributed by atoms with van der Waals surface area (Å²) in [6.45, 7) is 3.06. The average molecular weight is 762 g/mol. The molecule has 4 atom stereocenters. The number of carbonyl (C=O) groups excluding carboxylic acids is 5. The van der Waals surface area contributed by atoms with Crippen LogP contribution in [0.5, 0.6) is 0 Å². The van der Waals surface area contributed by atoms with Crippen LogP contribution in [0.2, 0.25) is 0 Å². The molecule has 56 heavy (non-hydrogen) atoms. The Morgan fingerprint density at radius 2 is 1.39 bits per heavy atom. The van der Waals surface area contributed by atoms with Gasteiger partial charge in [-0.2, -0.15) is 0 Å². The number of amides is 5. The van der Waals surface area contributed by atoms with Crippen LogP contribution in [-0.4, -0.2) is 80.5 Å². The number of benzene rings is 2. The van der Waals surface area contributed by atoms with Crippen LogP contribution in [0.1, 0.15) is 125 Å². The van der Waals surface area contributed by atoms with E-state index in [1.807, 2.05) is 48.4 Å². The maximum absolute atomic E-state index is 14.0. The number of hydrogen-bond acceptors (Lipinski definition) is 6. The number of hydrogen-bond donors (Lipinski definition) is 4. The predicted molar refractivity (Wildman–Crippen MR) is 211 cm³/mol. The molecule has 3 aliphatic carbocycles. The minimum atomic E-state index is -0.724. The molecule has 8 rings (SSSR count). The van der Waals surface area contributed by atoms with Crippen LogP contribution >= 0.6 is 0 Å². The third-order valence-corrected chi connectivity index (χ3v) is 12.6. The molecule has 0 bridgehead atoms. The van der Waals surface area contributed by atoms with E-state index in [4.69, 9.17) is 4.98 Å². The summed E-state index contributed by atoms with van der Waals surface area (Å²) >= 11 is 0. The number of H-pyrrole nitrogens is 1. The predicted octanol–water partition coefficient (Wildman–Crippen LogP) is 5.45. The van der Waals surface area contributed by atoms with E-state index in [0.717, 1.165) is 93.3 Å². The second-order valence-electron chi connectivity index (χ2n) is 16.6. The van der Waals surface area contributed by atoms with Gasteiger partial charge in [-0.1, -0.05) is 61.5 Å². The van der Waals surface area contributed by atoms with Crippen molar-refractivity contribution in [3.63, 3.8) is 0 Å². The van der Waals surface area contributed by atoms with E-state index in [0.29, 0.717) is 31.8 Å². The maximum atomic E-state index is 14.0. The van der Waals surface area contributed by atoms with Crippen LogP contribution in [-0.2, 0) is 24.0 Å². The largest absolute Gasteiger partial charge is 0.352 e. The van der Waals surface area contributed by atoms with E-state index in [9.17, 15) is 24.0 Å². The first kappa shape index (κ1) is 37.9. The number of carbonyl (C=O) groups is 5. The monoisotopic (exact) mass is 761 g/mol. The number of nitrogens with zero attached hydrogens (tertiary/aromatic N) is 3. The van der Waals surface area contributed by atoms with Crippen molar-refractivity contribution in [2.24, 2.45) is 11.8 Å². The van der Waals surface area contributed by atoms with Crippen molar-refractivity contribution < 1.29 is 24.0 Å². The average Bonchev–Trinajstić information content (AvgIpc) is 4.10. The minimum Gasteiger partial charge on any atom is -0.352 e. The van der Waals surface area contributed by atoms with Crippen molar-refractivity contribution >= 4 is 29.5 Å². The van der Waals surface area contributed by atoms with E-state index in [1.165, 1.54) is 5.56 Å². The van der Waals surface area contributed by atoms with Gasteiger partial charge in [-0.25, -0.2) is 4.98 Å². The van der Waals surface area contributed by atoms with Gasteiger partial charge in [-0.3, -0.25) is 24.0 Å². The zero-order valence-corrected chi connectivity index (χ0v) is 32.4. The summed E-state index contributed by atoms with van der Waals surface area (Å²) in [6, 6.07) is 16.2. The molecule has 0 radical (unpaired) electrons. The van der Waals surface area contributed by atoms with Crippen LogP contribution in [0, 0.1) is 11.8 Å². The first-order valence-electron chi connectivity index (χ1n) is 21.0. The normalized spacial score (nSPS) is 24.7. The summed E-state index contributed by atoms with van der Waals surface area (Å²) in [7, 11) is 0. The van der Waals surface area contributed by atoms with Crippen LogP contribution in [0.4, 0.5) is 0 Å². The fourth-order valence-corrected chi connectivity index (χ4v) is 8.95. The molecule has 296 valence electrons. The summed E-state index contributed by atoms with van der Waals surface area (Å²) < 4.78 is 0. The first-order valence-corrected chi connectivity index (χ1v) is 21.0. The molecule has 0 spiro atoms. The highest BCUT2D eigenvalue weighted by atomic mass is 16.2. The van der Waals surface area contributed by atoms with Crippen molar-refractivity contribution in [2.75, 3.05) is 13.1 Å². The van der Waals surface area contributed by atoms with Gasteiger partial charge in [-0.15, -0.1) is 0 Å². The van der Waals surface area contributed by atoms with Gasteiger partial charge in [0.25, 0.3) is 0 Å². The van der Waals surface area contributed by atoms with Crippen LogP contribution < -0.4 is 16.0 Å². The Balaban J connectivity index is 0.844. The van der Waals surface area contributed by atoms with Gasteiger partial charge in [0.05, 0.1) is 17.9 Å². The molecular weight excluding hydrogens is 707 g/mol. The minimum absolute atomic E-state index is 0.00575. The van der Waals surface area contributed by atoms with Gasteiger partial charge in [0.15, 0.2) is 0 Å². The van der Waals surface area contributed by atoms with E-state index < -0.39 is 18.1 Å². The SMILES string of the molecule is CCC(NC(=O)C1CC1)C(=O)N1CCCC1C(=O)NC1CCC(c2ccc(-c3cnc(C4CCCN4C(=O)C(NC(=O)C4CC4)c4ccccc4)[nH]3)cc2)CC1. The van der Waals surface area contributed by atoms with Crippen LogP contribution in [0.25, 0.3) is 11.3 Å². The summed E-state index contributed by atoms with van der Waals surface area (Å²) in [5.74, 6) is 0.782. The zero-order valence-electron chi connectivity index (χ0n) is 32.4. The lowest BCUT2D eigenvalue weighted by molar-refractivity contribution is -0.141. The van der Waals surface area contributed by atoms with E-state index >= 15 is 0 Å². The zero-order chi connectivity index (χ0) is 38.8. The third kappa shape index (κ3) is 8.39. The molecule has 3 saturated carbocycles. The van der Waals surface area contributed by atoms with Crippen molar-refractivity contribution in [3.8, 4) is 11.3 Å². The number of aromatic nitrogens is 2. The fourth-order valence-electron chi connectivity index (χ4n) is 8.95. The molecule has 3 heterocycles. The third-order valence-electron chi connectivity index (χ3n) is 12.6. The lowest BCUT2D eigenvalue weighted by atomic mass is 9.81. The van der Waals surface area contributed by atoms with Crippen LogP contribution in [0.3, 0.4) is 0 Å². The molecule has 1 aromatic heterocycles. The lowest BCUT2D eigenvalue weighted by Gasteiger charge is -2.32. The molecule has 5 aliphatic rings. The maximum Gasteiger partial charge on any atom is 0.250 e. The molecule has 12 nitrogen and oxygen atoms in total. The molecule has 2 aromatic carbocycles. The quantitative estimate of drug-likeness (QED) is 0.182. The van der Waals surface area contributed by atoms with E-state index in [2.05, 4.69) is 45.2 Å². The summed E-state index contributed by atoms with van der Waals surface area (Å²) in [5, 5.41) is 9.23. The highest BCUT2D eigenvalue weighted by Crippen LogP contribution is 2.37. The second-order valence-corrected chi connectivity index (χ2v) is 16.6. The smallest absolute Gasteiger partial charge is 0.250 e. The highest BCUT2D eigenvalue weighted by Gasteiger charge is 2.41. The van der Waals surface area contributed by atoms with Crippen molar-refractivity contribution in [1.82, 2.24) is 35.7 Å². The number of nitrogens with one attached hydrogen (secondary N) is 4. The molecular formula is C44H55N7O5. The molecule has 4 unspecified atom stereocenters. The summed E-state index contributed by atoms with van der Waals surface area (Å²) in [4.78, 5) is 77.9. The summed E-state index contributed by atoms with van der Waals surface area (Å²) in [5.41, 5.74) is 3.99. The first-order chi connectivity index (χ1) is 27.3. The summed E-state index contributed by atoms with van der Waals surface area (Å²) in [6.07, 6.45) is 12.7. The van der Waals surface area contributed by atoms with E-state index in [1.54, 1.807) is 4.90 Å². The molecule has 3 aromatic rings. The van der Waals surface area contributed by atoms with Gasteiger partial charge < -0.3 is 30.7 Å². The molecule has 12 heteroatoms. The topological polar surface area (TPSA) is 157 Å². The van der Waals surface area contributed by atoms with Crippen molar-refractivity contribution in [3.05, 3.63) is 77.7 Å². The standard InChI is InChI=1S/C44H55N7O5/c1-2-34(48-40(52)31-16-17-31)43(55)51-25-7-11-37(51)42(54)46-33-22-20-28(21-23-33)27-12-14-29(15-13-27)35-26-45-39(47-35)36-10-6-24-50(36)44(56)38(30-8-4-3-5-9-30)49-41(53)32-18-19-32/h3-5,8-9,12-15,26,28,31-34,36-38H,2,6-7,10-11,16-25H2,1H3,(H,45,47)(H,46,54)(H,48,52)(H,49,53). The van der Waals surface area contributed by atoms with E-state index in [-0.39, 0.29) is 53.5 Å². The molecule has 2 saturated heterocycles. The Bertz CT molecular complexity index is 1900. The van der Waals surface area contributed by atoms with Crippen molar-refractivity contribution in [2.45, 2.75) is 127 Å². The highest BCUT2D eigenvalue weighted by molar-refractivity contribution is 5.93. The van der Waals surface area contributed by atoms with Gasteiger partial charge in [-0.05, 0) is 106 Å². The Morgan fingerprint density at radius 1 is 0.732 bits per heavy atom. The lowest BCUT2D eigenvalue weighted by Crippen LogP contribution is -2.54. The Morgan fingerprint density at radius 3 is 2.07 bits per heavy atom. The Hall–Kier alpha value is -5.00. The number of imidazole rings is 1. The molecule has 2 aliphatic heterocycles. The fraction of sp³-hybridized carbons (Fsp3) is 0.545. The Labute approximate surface area is 329 Å². The molecule has 5 amide bonds. The van der Waals surface area contributed by atoms with Gasteiger partial charge in [0.2, 0.25) is 29.5 Å². The molecule has 4 N–H and O–H groups in total. The number of likely N-dealkylation sites (tertiary alicyclic amines) is 2. The van der Waals surface area contributed by atoms with Gasteiger partial charge in [0, 0.05) is 31.0 Å². The van der Waals surface area contributed by atoms with Gasteiger partial charge in [0.1, 0.15) is 23.9 Å². The second kappa shape index (κ2) is 16.6. The number of aromatic amines is 1.